The Hall–Kier alpha value is -0.870. The first-order chi connectivity index (χ1) is 8.13. The van der Waals surface area contributed by atoms with E-state index in [0.29, 0.717) is 0 Å². The molecule has 0 radical (unpaired) electrons. The van der Waals surface area contributed by atoms with Gasteiger partial charge in [0.1, 0.15) is 0 Å². The maximum atomic E-state index is 4.43. The van der Waals surface area contributed by atoms with E-state index in [1.165, 1.54) is 11.3 Å². The van der Waals surface area contributed by atoms with E-state index in [1.807, 2.05) is 11.7 Å². The minimum atomic E-state index is 0.722. The number of aromatic nitrogens is 2. The van der Waals surface area contributed by atoms with Crippen molar-refractivity contribution in [1.29, 1.82) is 0 Å². The van der Waals surface area contributed by atoms with Crippen molar-refractivity contribution in [3.8, 4) is 0 Å². The highest BCUT2D eigenvalue weighted by Crippen LogP contribution is 2.06. The first kappa shape index (κ1) is 14.2. The lowest BCUT2D eigenvalue weighted by atomic mass is 10.2. The van der Waals surface area contributed by atoms with Gasteiger partial charge in [-0.1, -0.05) is 20.8 Å². The third-order valence-electron chi connectivity index (χ3n) is 2.67. The molecule has 0 fully saturated rings. The van der Waals surface area contributed by atoms with Gasteiger partial charge in [0.05, 0.1) is 5.69 Å². The number of rotatable bonds is 8. The first-order valence-corrected chi connectivity index (χ1v) is 6.56. The van der Waals surface area contributed by atoms with E-state index < -0.39 is 0 Å². The molecule has 98 valence electrons. The predicted molar refractivity (Wildman–Crippen MR) is 72.0 cm³/mol. The summed E-state index contributed by atoms with van der Waals surface area (Å²) >= 11 is 0. The quantitative estimate of drug-likeness (QED) is 0.671. The molecule has 1 aromatic heterocycles. The topological polar surface area (TPSA) is 41.9 Å². The molecular formula is C13H26N4. The average Bonchev–Trinajstić information content (AvgIpc) is 2.63. The second-order valence-electron chi connectivity index (χ2n) is 4.90. The van der Waals surface area contributed by atoms with Gasteiger partial charge in [-0.2, -0.15) is 5.10 Å². The molecule has 0 aliphatic rings. The van der Waals surface area contributed by atoms with E-state index in [-0.39, 0.29) is 0 Å². The Bertz CT molecular complexity index is 317. The van der Waals surface area contributed by atoms with Gasteiger partial charge in [0.2, 0.25) is 0 Å². The molecule has 0 saturated carbocycles. The maximum absolute atomic E-state index is 4.43. The van der Waals surface area contributed by atoms with E-state index in [1.54, 1.807) is 0 Å². The van der Waals surface area contributed by atoms with E-state index in [2.05, 4.69) is 42.7 Å². The lowest BCUT2D eigenvalue weighted by molar-refractivity contribution is 0.535. The normalized spacial score (nSPS) is 11.4. The molecule has 1 heterocycles. The molecule has 0 spiro atoms. The van der Waals surface area contributed by atoms with Gasteiger partial charge in [-0.05, 0) is 18.9 Å². The highest BCUT2D eigenvalue weighted by atomic mass is 15.3. The van der Waals surface area contributed by atoms with Crippen LogP contribution in [0.3, 0.4) is 0 Å². The Balaban J connectivity index is 2.17. The van der Waals surface area contributed by atoms with Gasteiger partial charge in [-0.25, -0.2) is 0 Å². The van der Waals surface area contributed by atoms with Crippen molar-refractivity contribution < 1.29 is 0 Å². The third kappa shape index (κ3) is 5.33. The third-order valence-corrected chi connectivity index (χ3v) is 2.67. The number of nitrogens with zero attached hydrogens (tertiary/aromatic N) is 2. The fourth-order valence-corrected chi connectivity index (χ4v) is 1.82. The Morgan fingerprint density at radius 3 is 2.65 bits per heavy atom. The smallest absolute Gasteiger partial charge is 0.0666 e. The van der Waals surface area contributed by atoms with Crippen LogP contribution in [0.5, 0.6) is 0 Å². The monoisotopic (exact) mass is 238 g/mol. The molecule has 0 saturated heterocycles. The second-order valence-corrected chi connectivity index (χ2v) is 4.90. The minimum Gasteiger partial charge on any atom is -0.315 e. The lowest BCUT2D eigenvalue weighted by Gasteiger charge is -2.08. The van der Waals surface area contributed by atoms with Crippen LogP contribution in [0.15, 0.2) is 6.20 Å². The number of nitrogens with one attached hydrogen (secondary N) is 2. The van der Waals surface area contributed by atoms with Crippen molar-refractivity contribution in [1.82, 2.24) is 20.4 Å². The summed E-state index contributed by atoms with van der Waals surface area (Å²) in [5, 5.41) is 11.3. The molecule has 1 rings (SSSR count). The van der Waals surface area contributed by atoms with Crippen LogP contribution in [0.1, 0.15) is 32.0 Å². The summed E-state index contributed by atoms with van der Waals surface area (Å²) in [7, 11) is 1.98. The first-order valence-electron chi connectivity index (χ1n) is 6.56. The molecule has 2 N–H and O–H groups in total. The fourth-order valence-electron chi connectivity index (χ4n) is 1.82. The van der Waals surface area contributed by atoms with Gasteiger partial charge in [-0.3, -0.25) is 4.68 Å². The largest absolute Gasteiger partial charge is 0.315 e. The zero-order chi connectivity index (χ0) is 12.7. The summed E-state index contributed by atoms with van der Waals surface area (Å²) in [6.45, 7) is 10.6. The Kier molecular flexibility index (Phi) is 6.22. The van der Waals surface area contributed by atoms with Crippen LogP contribution >= 0.6 is 0 Å². The molecular weight excluding hydrogens is 212 g/mol. The number of hydrogen-bond acceptors (Lipinski definition) is 3. The molecule has 1 aromatic rings. The van der Waals surface area contributed by atoms with E-state index in [9.17, 15) is 0 Å². The van der Waals surface area contributed by atoms with E-state index in [0.717, 1.165) is 38.5 Å². The van der Waals surface area contributed by atoms with Gasteiger partial charge in [-0.15, -0.1) is 0 Å². The summed E-state index contributed by atoms with van der Waals surface area (Å²) in [5.74, 6) is 0.722. The fraction of sp³-hybridized carbons (Fsp3) is 0.769. The molecule has 0 atom stereocenters. The summed E-state index contributed by atoms with van der Waals surface area (Å²) in [6, 6.07) is 0. The van der Waals surface area contributed by atoms with Crippen LogP contribution in [0.25, 0.3) is 0 Å². The number of hydrogen-bond donors (Lipinski definition) is 2. The van der Waals surface area contributed by atoms with Gasteiger partial charge in [0.15, 0.2) is 0 Å². The number of aryl methyl sites for hydroxylation is 2. The Labute approximate surface area is 105 Å². The Morgan fingerprint density at radius 2 is 2.00 bits per heavy atom. The summed E-state index contributed by atoms with van der Waals surface area (Å²) in [5.41, 5.74) is 2.52. The minimum absolute atomic E-state index is 0.722. The van der Waals surface area contributed by atoms with Crippen molar-refractivity contribution >= 4 is 0 Å². The summed E-state index contributed by atoms with van der Waals surface area (Å²) < 4.78 is 1.90. The maximum Gasteiger partial charge on any atom is 0.0666 e. The van der Waals surface area contributed by atoms with Crippen LogP contribution in [-0.4, -0.2) is 29.4 Å². The second kappa shape index (κ2) is 7.45. The Morgan fingerprint density at radius 1 is 1.29 bits per heavy atom. The van der Waals surface area contributed by atoms with E-state index >= 15 is 0 Å². The molecule has 0 amide bonds. The van der Waals surface area contributed by atoms with Crippen molar-refractivity contribution in [2.75, 3.05) is 19.6 Å². The van der Waals surface area contributed by atoms with Gasteiger partial charge < -0.3 is 10.6 Å². The molecule has 0 bridgehead atoms. The summed E-state index contributed by atoms with van der Waals surface area (Å²) in [6.07, 6.45) is 3.11. The molecule has 0 aliphatic carbocycles. The standard InChI is InChI=1S/C13H26N4/c1-5-13-12(10-17(4)16-13)9-15-7-6-14-8-11(2)3/h10-11,14-15H,5-9H2,1-4H3. The molecule has 17 heavy (non-hydrogen) atoms. The van der Waals surface area contributed by atoms with Gasteiger partial charge in [0, 0.05) is 38.4 Å². The molecule has 0 aliphatic heterocycles. The average molecular weight is 238 g/mol. The van der Waals surface area contributed by atoms with E-state index in [4.69, 9.17) is 0 Å². The molecule has 0 unspecified atom stereocenters. The zero-order valence-electron chi connectivity index (χ0n) is 11.6. The van der Waals surface area contributed by atoms with Crippen LogP contribution in [-0.2, 0) is 20.0 Å². The molecule has 4 heteroatoms. The van der Waals surface area contributed by atoms with Crippen molar-refractivity contribution in [2.24, 2.45) is 13.0 Å². The highest BCUT2D eigenvalue weighted by molar-refractivity contribution is 5.16. The van der Waals surface area contributed by atoms with Crippen LogP contribution in [0.4, 0.5) is 0 Å². The van der Waals surface area contributed by atoms with Crippen LogP contribution in [0, 0.1) is 5.92 Å². The van der Waals surface area contributed by atoms with Crippen molar-refractivity contribution in [3.05, 3.63) is 17.5 Å². The van der Waals surface area contributed by atoms with Gasteiger partial charge >= 0.3 is 0 Å². The van der Waals surface area contributed by atoms with Crippen LogP contribution in [0.2, 0.25) is 0 Å². The SMILES string of the molecule is CCc1nn(C)cc1CNCCNCC(C)C. The zero-order valence-corrected chi connectivity index (χ0v) is 11.6. The molecule has 0 aromatic carbocycles. The van der Waals surface area contributed by atoms with Crippen LogP contribution < -0.4 is 10.6 Å². The molecule has 4 nitrogen and oxygen atoms in total. The lowest BCUT2D eigenvalue weighted by Crippen LogP contribution is -2.29. The predicted octanol–water partition coefficient (Wildman–Crippen LogP) is 1.32. The summed E-state index contributed by atoms with van der Waals surface area (Å²) in [4.78, 5) is 0. The van der Waals surface area contributed by atoms with Crippen molar-refractivity contribution in [3.63, 3.8) is 0 Å². The van der Waals surface area contributed by atoms with Crippen molar-refractivity contribution in [2.45, 2.75) is 33.7 Å². The highest BCUT2D eigenvalue weighted by Gasteiger charge is 2.04. The van der Waals surface area contributed by atoms with Gasteiger partial charge in [0.25, 0.3) is 0 Å².